The molecule has 2 rings (SSSR count). The highest BCUT2D eigenvalue weighted by Crippen LogP contribution is 2.32. The van der Waals surface area contributed by atoms with Crippen molar-refractivity contribution in [2.45, 2.75) is 33.4 Å². The minimum absolute atomic E-state index is 0.213. The average molecular weight is 264 g/mol. The van der Waals surface area contributed by atoms with Crippen LogP contribution in [0.4, 0.5) is 0 Å². The molecule has 104 valence electrons. The Labute approximate surface area is 112 Å². The standard InChI is InChI=1S/C13H20N4O2/c1-5-17-13(11(18-4)7-15-17)12(16-14)10-6-8(2)19-9(10)3/h6-7,12,16H,5,14H2,1-4H3. The summed E-state index contributed by atoms with van der Waals surface area (Å²) < 4.78 is 12.8. The molecule has 2 aromatic rings. The van der Waals surface area contributed by atoms with Gasteiger partial charge in [0.25, 0.3) is 0 Å². The molecule has 3 N–H and O–H groups in total. The van der Waals surface area contributed by atoms with E-state index in [-0.39, 0.29) is 6.04 Å². The maximum atomic E-state index is 5.73. The minimum atomic E-state index is -0.213. The fourth-order valence-corrected chi connectivity index (χ4v) is 2.33. The van der Waals surface area contributed by atoms with Crippen LogP contribution in [0.5, 0.6) is 5.75 Å². The Kier molecular flexibility index (Phi) is 3.92. The Morgan fingerprint density at radius 1 is 1.53 bits per heavy atom. The van der Waals surface area contributed by atoms with Gasteiger partial charge < -0.3 is 9.15 Å². The Morgan fingerprint density at radius 3 is 2.74 bits per heavy atom. The van der Waals surface area contributed by atoms with Gasteiger partial charge in [-0.05, 0) is 26.8 Å². The van der Waals surface area contributed by atoms with E-state index in [1.54, 1.807) is 13.3 Å². The number of furan rings is 1. The smallest absolute Gasteiger partial charge is 0.161 e. The number of nitrogens with zero attached hydrogens (tertiary/aromatic N) is 2. The third kappa shape index (κ3) is 2.36. The van der Waals surface area contributed by atoms with E-state index in [1.807, 2.05) is 31.5 Å². The van der Waals surface area contributed by atoms with Crippen molar-refractivity contribution in [3.8, 4) is 5.75 Å². The zero-order valence-electron chi connectivity index (χ0n) is 11.7. The number of ether oxygens (including phenoxy) is 1. The predicted octanol–water partition coefficient (Wildman–Crippen LogP) is 1.67. The van der Waals surface area contributed by atoms with Crippen LogP contribution in [0.3, 0.4) is 0 Å². The third-order valence-electron chi connectivity index (χ3n) is 3.19. The van der Waals surface area contributed by atoms with Crippen LogP contribution in [0, 0.1) is 13.8 Å². The summed E-state index contributed by atoms with van der Waals surface area (Å²) in [6, 6.07) is 1.77. The molecule has 0 spiro atoms. The Hall–Kier alpha value is -1.79. The molecule has 19 heavy (non-hydrogen) atoms. The molecule has 0 saturated heterocycles. The van der Waals surface area contributed by atoms with Crippen molar-refractivity contribution in [2.75, 3.05) is 7.11 Å². The molecule has 0 saturated carbocycles. The average Bonchev–Trinajstić information content (AvgIpc) is 2.94. The van der Waals surface area contributed by atoms with Crippen LogP contribution in [0.2, 0.25) is 0 Å². The van der Waals surface area contributed by atoms with E-state index < -0.39 is 0 Å². The summed E-state index contributed by atoms with van der Waals surface area (Å²) in [6.45, 7) is 6.61. The van der Waals surface area contributed by atoms with Crippen LogP contribution >= 0.6 is 0 Å². The Morgan fingerprint density at radius 2 is 2.26 bits per heavy atom. The molecule has 6 heteroatoms. The molecule has 0 amide bonds. The first-order chi connectivity index (χ1) is 9.12. The number of rotatable bonds is 5. The molecule has 0 bridgehead atoms. The summed E-state index contributed by atoms with van der Waals surface area (Å²) in [5.41, 5.74) is 4.72. The molecule has 0 radical (unpaired) electrons. The van der Waals surface area contributed by atoms with Crippen molar-refractivity contribution in [1.82, 2.24) is 15.2 Å². The zero-order valence-corrected chi connectivity index (χ0v) is 11.7. The van der Waals surface area contributed by atoms with E-state index in [1.165, 1.54) is 0 Å². The lowest BCUT2D eigenvalue weighted by Gasteiger charge is -2.18. The second-order valence-electron chi connectivity index (χ2n) is 4.38. The van der Waals surface area contributed by atoms with E-state index in [4.69, 9.17) is 15.0 Å². The van der Waals surface area contributed by atoms with Gasteiger partial charge in [0.1, 0.15) is 17.2 Å². The maximum absolute atomic E-state index is 5.73. The molecule has 1 unspecified atom stereocenters. The second-order valence-corrected chi connectivity index (χ2v) is 4.38. The van der Waals surface area contributed by atoms with Crippen molar-refractivity contribution >= 4 is 0 Å². The SMILES string of the molecule is CCn1ncc(OC)c1C(NN)c1cc(C)oc1C. The van der Waals surface area contributed by atoms with E-state index >= 15 is 0 Å². The molecule has 2 heterocycles. The van der Waals surface area contributed by atoms with Crippen LogP contribution in [0.25, 0.3) is 0 Å². The first kappa shape index (κ1) is 13.6. The fraction of sp³-hybridized carbons (Fsp3) is 0.462. The summed E-state index contributed by atoms with van der Waals surface area (Å²) in [7, 11) is 1.63. The van der Waals surface area contributed by atoms with Gasteiger partial charge in [0, 0.05) is 12.1 Å². The van der Waals surface area contributed by atoms with Gasteiger partial charge in [-0.25, -0.2) is 5.43 Å². The van der Waals surface area contributed by atoms with Crippen molar-refractivity contribution < 1.29 is 9.15 Å². The van der Waals surface area contributed by atoms with Gasteiger partial charge in [-0.1, -0.05) is 0 Å². The maximum Gasteiger partial charge on any atom is 0.161 e. The largest absolute Gasteiger partial charge is 0.493 e. The van der Waals surface area contributed by atoms with Crippen LogP contribution < -0.4 is 16.0 Å². The number of nitrogens with one attached hydrogen (secondary N) is 1. The lowest BCUT2D eigenvalue weighted by Crippen LogP contribution is -2.31. The Balaban J connectivity index is 2.53. The summed E-state index contributed by atoms with van der Waals surface area (Å²) in [5, 5.41) is 4.30. The molecular weight excluding hydrogens is 244 g/mol. The molecular formula is C13H20N4O2. The van der Waals surface area contributed by atoms with Gasteiger partial charge in [0.05, 0.1) is 19.3 Å². The number of methoxy groups -OCH3 is 1. The van der Waals surface area contributed by atoms with Crippen molar-refractivity contribution in [3.05, 3.63) is 35.0 Å². The van der Waals surface area contributed by atoms with E-state index in [2.05, 4.69) is 10.5 Å². The second kappa shape index (κ2) is 5.46. The number of aryl methyl sites for hydroxylation is 3. The van der Waals surface area contributed by atoms with Crippen LogP contribution in [0.1, 0.15) is 35.7 Å². The highest BCUT2D eigenvalue weighted by Gasteiger charge is 2.25. The van der Waals surface area contributed by atoms with Crippen molar-refractivity contribution in [3.63, 3.8) is 0 Å². The number of hydrazine groups is 1. The molecule has 0 aromatic carbocycles. The fourth-order valence-electron chi connectivity index (χ4n) is 2.33. The molecule has 0 aliphatic rings. The van der Waals surface area contributed by atoms with Crippen molar-refractivity contribution in [2.24, 2.45) is 5.84 Å². The normalized spacial score (nSPS) is 12.7. The van der Waals surface area contributed by atoms with Gasteiger partial charge in [0.15, 0.2) is 5.75 Å². The lowest BCUT2D eigenvalue weighted by atomic mass is 10.0. The van der Waals surface area contributed by atoms with Crippen LogP contribution in [-0.4, -0.2) is 16.9 Å². The van der Waals surface area contributed by atoms with Gasteiger partial charge >= 0.3 is 0 Å². The van der Waals surface area contributed by atoms with E-state index in [0.29, 0.717) is 5.75 Å². The monoisotopic (exact) mass is 264 g/mol. The predicted molar refractivity (Wildman–Crippen MR) is 71.8 cm³/mol. The third-order valence-corrected chi connectivity index (χ3v) is 3.19. The van der Waals surface area contributed by atoms with Gasteiger partial charge in [-0.3, -0.25) is 10.5 Å². The summed E-state index contributed by atoms with van der Waals surface area (Å²) in [6.07, 6.45) is 1.70. The summed E-state index contributed by atoms with van der Waals surface area (Å²) >= 11 is 0. The molecule has 6 nitrogen and oxygen atoms in total. The summed E-state index contributed by atoms with van der Waals surface area (Å²) in [5.74, 6) is 8.14. The first-order valence-corrected chi connectivity index (χ1v) is 6.25. The van der Waals surface area contributed by atoms with Gasteiger partial charge in [-0.2, -0.15) is 5.10 Å². The number of hydrogen-bond acceptors (Lipinski definition) is 5. The van der Waals surface area contributed by atoms with Gasteiger partial charge in [-0.15, -0.1) is 0 Å². The molecule has 0 aliphatic heterocycles. The number of aromatic nitrogens is 2. The lowest BCUT2D eigenvalue weighted by molar-refractivity contribution is 0.398. The number of nitrogens with two attached hydrogens (primary N) is 1. The van der Waals surface area contributed by atoms with E-state index in [0.717, 1.165) is 29.3 Å². The van der Waals surface area contributed by atoms with Crippen molar-refractivity contribution in [1.29, 1.82) is 0 Å². The topological polar surface area (TPSA) is 78.2 Å². The molecule has 2 aromatic heterocycles. The molecule has 0 fully saturated rings. The van der Waals surface area contributed by atoms with Crippen LogP contribution in [-0.2, 0) is 6.54 Å². The summed E-state index contributed by atoms with van der Waals surface area (Å²) in [4.78, 5) is 0. The number of hydrogen-bond donors (Lipinski definition) is 2. The first-order valence-electron chi connectivity index (χ1n) is 6.25. The highest BCUT2D eigenvalue weighted by molar-refractivity contribution is 5.38. The van der Waals surface area contributed by atoms with Crippen LogP contribution in [0.15, 0.2) is 16.7 Å². The molecule has 1 atom stereocenters. The van der Waals surface area contributed by atoms with E-state index in [9.17, 15) is 0 Å². The quantitative estimate of drug-likeness (QED) is 0.634. The highest BCUT2D eigenvalue weighted by atomic mass is 16.5. The Bertz CT molecular complexity index is 537. The molecule has 0 aliphatic carbocycles. The minimum Gasteiger partial charge on any atom is -0.493 e. The zero-order chi connectivity index (χ0) is 14.0. The van der Waals surface area contributed by atoms with Gasteiger partial charge in [0.2, 0.25) is 0 Å².